The van der Waals surface area contributed by atoms with E-state index >= 15 is 0 Å². The summed E-state index contributed by atoms with van der Waals surface area (Å²) in [7, 11) is 0. The third-order valence-corrected chi connectivity index (χ3v) is 5.32. The molecule has 4 rings (SSSR count). The highest BCUT2D eigenvalue weighted by Gasteiger charge is 2.25. The number of pyridine rings is 2. The molecule has 3 aromatic heterocycles. The van der Waals surface area contributed by atoms with Crippen LogP contribution in [-0.2, 0) is 4.79 Å². The van der Waals surface area contributed by atoms with Crippen molar-refractivity contribution >= 4 is 5.91 Å². The Balaban J connectivity index is 1.36. The molecule has 0 aromatic carbocycles. The standard InChI is InChI=1S/C22H24N4O3/c1-15-22(16(2)29-25-15)20-7-3-6-19(24-20)17-8-11-26(12-9-17)21(27)14-28-18-5-4-10-23-13-18/h3-7,10,13,17H,8-9,11-12,14H2,1-2H3. The van der Waals surface area contributed by atoms with Gasteiger partial charge in [-0.05, 0) is 51.0 Å². The van der Waals surface area contributed by atoms with E-state index in [2.05, 4.69) is 16.2 Å². The molecule has 7 heteroatoms. The summed E-state index contributed by atoms with van der Waals surface area (Å²) in [5.74, 6) is 1.72. The molecule has 0 N–H and O–H groups in total. The van der Waals surface area contributed by atoms with Gasteiger partial charge in [0.25, 0.3) is 5.91 Å². The van der Waals surface area contributed by atoms with Crippen molar-refractivity contribution in [1.29, 1.82) is 0 Å². The van der Waals surface area contributed by atoms with Crippen LogP contribution >= 0.6 is 0 Å². The summed E-state index contributed by atoms with van der Waals surface area (Å²) in [6, 6.07) is 9.67. The van der Waals surface area contributed by atoms with E-state index in [9.17, 15) is 4.79 Å². The lowest BCUT2D eigenvalue weighted by Gasteiger charge is -2.31. The Labute approximate surface area is 169 Å². The Morgan fingerprint density at radius 3 is 2.72 bits per heavy atom. The molecule has 3 aromatic rings. The number of carbonyl (C=O) groups excluding carboxylic acids is 1. The highest BCUT2D eigenvalue weighted by atomic mass is 16.5. The Morgan fingerprint density at radius 2 is 2.03 bits per heavy atom. The maximum atomic E-state index is 12.4. The summed E-state index contributed by atoms with van der Waals surface area (Å²) >= 11 is 0. The molecule has 0 spiro atoms. The molecule has 29 heavy (non-hydrogen) atoms. The van der Waals surface area contributed by atoms with Gasteiger partial charge < -0.3 is 14.2 Å². The van der Waals surface area contributed by atoms with Crippen molar-refractivity contribution in [2.45, 2.75) is 32.6 Å². The first-order valence-corrected chi connectivity index (χ1v) is 9.82. The van der Waals surface area contributed by atoms with Crippen LogP contribution in [0.4, 0.5) is 0 Å². The van der Waals surface area contributed by atoms with E-state index in [1.165, 1.54) is 0 Å². The van der Waals surface area contributed by atoms with Crippen molar-refractivity contribution < 1.29 is 14.1 Å². The molecule has 7 nitrogen and oxygen atoms in total. The molecule has 0 aliphatic carbocycles. The quantitative estimate of drug-likeness (QED) is 0.661. The third-order valence-electron chi connectivity index (χ3n) is 5.32. The number of aromatic nitrogens is 3. The van der Waals surface area contributed by atoms with Gasteiger partial charge in [0.15, 0.2) is 6.61 Å². The Kier molecular flexibility index (Phi) is 5.55. The smallest absolute Gasteiger partial charge is 0.260 e. The number of aryl methyl sites for hydroxylation is 2. The largest absolute Gasteiger partial charge is 0.482 e. The number of piperidine rings is 1. The lowest BCUT2D eigenvalue weighted by atomic mass is 9.92. The molecule has 0 atom stereocenters. The van der Waals surface area contributed by atoms with E-state index in [4.69, 9.17) is 14.2 Å². The number of nitrogens with zero attached hydrogens (tertiary/aromatic N) is 4. The van der Waals surface area contributed by atoms with Gasteiger partial charge in [-0.3, -0.25) is 14.8 Å². The SMILES string of the molecule is Cc1noc(C)c1-c1cccc(C2CCN(C(=O)COc3cccnc3)CC2)n1. The predicted octanol–water partition coefficient (Wildman–Crippen LogP) is 3.53. The summed E-state index contributed by atoms with van der Waals surface area (Å²) in [5, 5.41) is 4.03. The lowest BCUT2D eigenvalue weighted by molar-refractivity contribution is -0.134. The van der Waals surface area contributed by atoms with Gasteiger partial charge in [-0.2, -0.15) is 0 Å². The van der Waals surface area contributed by atoms with Crippen LogP contribution in [0.5, 0.6) is 5.75 Å². The zero-order chi connectivity index (χ0) is 20.2. The van der Waals surface area contributed by atoms with E-state index in [1.54, 1.807) is 24.5 Å². The molecule has 1 fully saturated rings. The number of ether oxygens (including phenoxy) is 1. The van der Waals surface area contributed by atoms with Crippen molar-refractivity contribution in [2.75, 3.05) is 19.7 Å². The molecular formula is C22H24N4O3. The van der Waals surface area contributed by atoms with Crippen LogP contribution in [0.2, 0.25) is 0 Å². The first-order chi connectivity index (χ1) is 14.1. The van der Waals surface area contributed by atoms with Crippen LogP contribution in [0.15, 0.2) is 47.2 Å². The fourth-order valence-electron chi connectivity index (χ4n) is 3.76. The highest BCUT2D eigenvalue weighted by Crippen LogP contribution is 2.30. The molecule has 0 unspecified atom stereocenters. The molecular weight excluding hydrogens is 368 g/mol. The average Bonchev–Trinajstić information content (AvgIpc) is 3.11. The van der Waals surface area contributed by atoms with Crippen LogP contribution in [0.3, 0.4) is 0 Å². The minimum Gasteiger partial charge on any atom is -0.482 e. The van der Waals surface area contributed by atoms with E-state index < -0.39 is 0 Å². The van der Waals surface area contributed by atoms with Gasteiger partial charge in [0.2, 0.25) is 0 Å². The minimum atomic E-state index is 0.00438. The highest BCUT2D eigenvalue weighted by molar-refractivity contribution is 5.77. The summed E-state index contributed by atoms with van der Waals surface area (Å²) in [5.41, 5.74) is 3.76. The van der Waals surface area contributed by atoms with Gasteiger partial charge in [0.1, 0.15) is 11.5 Å². The normalized spacial score (nSPS) is 14.8. The van der Waals surface area contributed by atoms with E-state index in [0.29, 0.717) is 24.8 Å². The molecule has 1 amide bonds. The fraction of sp³-hybridized carbons (Fsp3) is 0.364. The van der Waals surface area contributed by atoms with Gasteiger partial charge in [-0.15, -0.1) is 0 Å². The van der Waals surface area contributed by atoms with Crippen molar-refractivity contribution in [2.24, 2.45) is 0 Å². The molecule has 1 aliphatic heterocycles. The predicted molar refractivity (Wildman–Crippen MR) is 107 cm³/mol. The van der Waals surface area contributed by atoms with Crippen molar-refractivity contribution in [3.05, 3.63) is 59.9 Å². The monoisotopic (exact) mass is 392 g/mol. The number of rotatable bonds is 5. The average molecular weight is 392 g/mol. The lowest BCUT2D eigenvalue weighted by Crippen LogP contribution is -2.40. The summed E-state index contributed by atoms with van der Waals surface area (Å²) in [6.07, 6.45) is 5.05. The Morgan fingerprint density at radius 1 is 1.21 bits per heavy atom. The Bertz CT molecular complexity index is 959. The first-order valence-electron chi connectivity index (χ1n) is 9.82. The minimum absolute atomic E-state index is 0.00438. The molecule has 0 bridgehead atoms. The second-order valence-corrected chi connectivity index (χ2v) is 7.28. The van der Waals surface area contributed by atoms with Gasteiger partial charge in [-0.25, -0.2) is 0 Å². The van der Waals surface area contributed by atoms with Gasteiger partial charge in [0.05, 0.1) is 23.1 Å². The maximum Gasteiger partial charge on any atom is 0.260 e. The van der Waals surface area contributed by atoms with Crippen LogP contribution in [-0.4, -0.2) is 45.6 Å². The molecule has 0 radical (unpaired) electrons. The van der Waals surface area contributed by atoms with Crippen LogP contribution in [0.25, 0.3) is 11.3 Å². The van der Waals surface area contributed by atoms with Crippen molar-refractivity contribution in [1.82, 2.24) is 20.0 Å². The van der Waals surface area contributed by atoms with Crippen molar-refractivity contribution in [3.63, 3.8) is 0 Å². The number of carbonyl (C=O) groups is 1. The Hall–Kier alpha value is -3.22. The van der Waals surface area contributed by atoms with E-state index in [-0.39, 0.29) is 12.5 Å². The molecule has 1 aliphatic rings. The van der Waals surface area contributed by atoms with Crippen LogP contribution in [0.1, 0.15) is 35.9 Å². The number of hydrogen-bond donors (Lipinski definition) is 0. The second kappa shape index (κ2) is 8.43. The molecule has 150 valence electrons. The molecule has 1 saturated heterocycles. The number of amides is 1. The summed E-state index contributed by atoms with van der Waals surface area (Å²) < 4.78 is 10.8. The number of hydrogen-bond acceptors (Lipinski definition) is 6. The summed E-state index contributed by atoms with van der Waals surface area (Å²) in [4.78, 5) is 23.2. The zero-order valence-corrected chi connectivity index (χ0v) is 16.7. The molecule has 4 heterocycles. The van der Waals surface area contributed by atoms with E-state index in [1.807, 2.05) is 30.9 Å². The first kappa shape index (κ1) is 19.1. The topological polar surface area (TPSA) is 81.4 Å². The van der Waals surface area contributed by atoms with Gasteiger partial charge >= 0.3 is 0 Å². The zero-order valence-electron chi connectivity index (χ0n) is 16.7. The van der Waals surface area contributed by atoms with Gasteiger partial charge in [-0.1, -0.05) is 11.2 Å². The third kappa shape index (κ3) is 4.29. The van der Waals surface area contributed by atoms with Crippen molar-refractivity contribution in [3.8, 4) is 17.0 Å². The number of likely N-dealkylation sites (tertiary alicyclic amines) is 1. The molecule has 0 saturated carbocycles. The van der Waals surface area contributed by atoms with Crippen LogP contribution in [0, 0.1) is 13.8 Å². The second-order valence-electron chi connectivity index (χ2n) is 7.28. The maximum absolute atomic E-state index is 12.4. The fourth-order valence-corrected chi connectivity index (χ4v) is 3.76. The van der Waals surface area contributed by atoms with Gasteiger partial charge in [0, 0.05) is 30.9 Å². The summed E-state index contributed by atoms with van der Waals surface area (Å²) in [6.45, 7) is 5.28. The van der Waals surface area contributed by atoms with Crippen LogP contribution < -0.4 is 4.74 Å². The van der Waals surface area contributed by atoms with E-state index in [0.717, 1.165) is 41.2 Å².